The number of benzene rings is 1. The van der Waals surface area contributed by atoms with E-state index in [0.717, 1.165) is 55.2 Å². The molecule has 0 bridgehead atoms. The molecule has 1 aromatic heterocycles. The van der Waals surface area contributed by atoms with Crippen LogP contribution in [0.3, 0.4) is 0 Å². The normalized spacial score (nSPS) is 17.2. The fraction of sp³-hybridized carbons (Fsp3) is 0.400. The molecule has 0 N–H and O–H groups in total. The minimum absolute atomic E-state index is 0.293. The SMILES string of the molecule is Cc1cc(N2CCC(Oc3ccccc3C)CC2)c2c(n1)CC=N2. The van der Waals surface area contributed by atoms with Gasteiger partial charge in [0.2, 0.25) is 0 Å². The van der Waals surface area contributed by atoms with Crippen molar-refractivity contribution >= 4 is 17.6 Å². The number of ether oxygens (including phenoxy) is 1. The van der Waals surface area contributed by atoms with Crippen molar-refractivity contribution in [2.24, 2.45) is 4.99 Å². The summed E-state index contributed by atoms with van der Waals surface area (Å²) in [5.74, 6) is 1.01. The molecule has 2 aliphatic rings. The smallest absolute Gasteiger partial charge is 0.122 e. The van der Waals surface area contributed by atoms with E-state index in [-0.39, 0.29) is 0 Å². The molecule has 0 amide bonds. The zero-order chi connectivity index (χ0) is 16.5. The molecule has 2 aromatic rings. The second-order valence-electron chi connectivity index (χ2n) is 6.66. The van der Waals surface area contributed by atoms with Crippen LogP contribution in [0.15, 0.2) is 35.3 Å². The first-order valence-corrected chi connectivity index (χ1v) is 8.71. The molecule has 24 heavy (non-hydrogen) atoms. The van der Waals surface area contributed by atoms with Crippen LogP contribution in [0.1, 0.15) is 29.8 Å². The van der Waals surface area contributed by atoms with Gasteiger partial charge in [0.05, 0.1) is 11.4 Å². The number of aryl methyl sites for hydroxylation is 2. The van der Waals surface area contributed by atoms with Crippen molar-refractivity contribution in [2.45, 2.75) is 39.2 Å². The summed E-state index contributed by atoms with van der Waals surface area (Å²) in [7, 11) is 0. The van der Waals surface area contributed by atoms with Crippen LogP contribution in [0.5, 0.6) is 5.75 Å². The maximum Gasteiger partial charge on any atom is 0.122 e. The highest BCUT2D eigenvalue weighted by Gasteiger charge is 2.25. The molecule has 0 unspecified atom stereocenters. The van der Waals surface area contributed by atoms with Gasteiger partial charge in [-0.1, -0.05) is 18.2 Å². The third-order valence-electron chi connectivity index (χ3n) is 4.85. The Hall–Kier alpha value is -2.36. The lowest BCUT2D eigenvalue weighted by molar-refractivity contribution is 0.170. The average Bonchev–Trinajstić information content (AvgIpc) is 3.05. The topological polar surface area (TPSA) is 37.7 Å². The van der Waals surface area contributed by atoms with Gasteiger partial charge < -0.3 is 9.64 Å². The number of fused-ring (bicyclic) bond motifs is 1. The van der Waals surface area contributed by atoms with E-state index in [1.165, 1.54) is 11.3 Å². The van der Waals surface area contributed by atoms with E-state index in [2.05, 4.69) is 53.0 Å². The van der Waals surface area contributed by atoms with Gasteiger partial charge in [0.1, 0.15) is 17.5 Å². The average molecular weight is 321 g/mol. The van der Waals surface area contributed by atoms with Crippen molar-refractivity contribution in [2.75, 3.05) is 18.0 Å². The molecule has 124 valence electrons. The Morgan fingerprint density at radius 1 is 1.12 bits per heavy atom. The van der Waals surface area contributed by atoms with Gasteiger partial charge in [-0.2, -0.15) is 0 Å². The number of anilines is 1. The van der Waals surface area contributed by atoms with Gasteiger partial charge in [0, 0.05) is 44.3 Å². The van der Waals surface area contributed by atoms with Crippen molar-refractivity contribution in [3.8, 4) is 5.75 Å². The van der Waals surface area contributed by atoms with E-state index in [1.807, 2.05) is 12.3 Å². The lowest BCUT2D eigenvalue weighted by Gasteiger charge is -2.34. The summed E-state index contributed by atoms with van der Waals surface area (Å²) in [4.78, 5) is 11.6. The zero-order valence-corrected chi connectivity index (χ0v) is 14.3. The van der Waals surface area contributed by atoms with E-state index in [9.17, 15) is 0 Å². The Morgan fingerprint density at radius 2 is 1.92 bits per heavy atom. The molecular formula is C20H23N3O. The summed E-state index contributed by atoms with van der Waals surface area (Å²) >= 11 is 0. The van der Waals surface area contributed by atoms with Gasteiger partial charge in [0.15, 0.2) is 0 Å². The first kappa shape index (κ1) is 15.2. The molecule has 0 saturated carbocycles. The van der Waals surface area contributed by atoms with Gasteiger partial charge in [-0.05, 0) is 31.5 Å². The number of rotatable bonds is 3. The van der Waals surface area contributed by atoms with Crippen LogP contribution in [0.4, 0.5) is 11.4 Å². The monoisotopic (exact) mass is 321 g/mol. The number of hydrogen-bond donors (Lipinski definition) is 0. The number of pyridine rings is 1. The third kappa shape index (κ3) is 2.88. The van der Waals surface area contributed by atoms with Gasteiger partial charge in [-0.3, -0.25) is 9.98 Å². The van der Waals surface area contributed by atoms with Crippen LogP contribution >= 0.6 is 0 Å². The number of piperidine rings is 1. The fourth-order valence-electron chi connectivity index (χ4n) is 3.54. The summed E-state index contributed by atoms with van der Waals surface area (Å²) in [5.41, 5.74) is 5.70. The van der Waals surface area contributed by atoms with Crippen LogP contribution < -0.4 is 9.64 Å². The van der Waals surface area contributed by atoms with E-state index >= 15 is 0 Å². The lowest BCUT2D eigenvalue weighted by atomic mass is 10.1. The summed E-state index contributed by atoms with van der Waals surface area (Å²) < 4.78 is 6.22. The molecule has 0 spiro atoms. The second kappa shape index (κ2) is 6.27. The molecule has 1 aromatic carbocycles. The molecule has 1 fully saturated rings. The number of hydrogen-bond acceptors (Lipinski definition) is 4. The largest absolute Gasteiger partial charge is 0.490 e. The predicted molar refractivity (Wildman–Crippen MR) is 97.9 cm³/mol. The van der Waals surface area contributed by atoms with Crippen molar-refractivity contribution in [1.82, 2.24) is 4.98 Å². The Labute approximate surface area is 143 Å². The van der Waals surface area contributed by atoms with Gasteiger partial charge in [-0.25, -0.2) is 0 Å². The molecule has 0 aliphatic carbocycles. The highest BCUT2D eigenvalue weighted by atomic mass is 16.5. The number of para-hydroxylation sites is 1. The number of aliphatic imine (C=N–C) groups is 1. The lowest BCUT2D eigenvalue weighted by Crippen LogP contribution is -2.38. The first-order valence-electron chi connectivity index (χ1n) is 8.71. The minimum atomic E-state index is 0.293. The van der Waals surface area contributed by atoms with Crippen LogP contribution in [0, 0.1) is 13.8 Å². The van der Waals surface area contributed by atoms with E-state index in [0.29, 0.717) is 6.10 Å². The third-order valence-corrected chi connectivity index (χ3v) is 4.85. The maximum atomic E-state index is 6.22. The van der Waals surface area contributed by atoms with Crippen molar-refractivity contribution < 1.29 is 4.74 Å². The molecule has 2 aliphatic heterocycles. The maximum absolute atomic E-state index is 6.22. The molecule has 4 heteroatoms. The predicted octanol–water partition coefficient (Wildman–Crippen LogP) is 4.00. The molecule has 4 nitrogen and oxygen atoms in total. The summed E-state index contributed by atoms with van der Waals surface area (Å²) in [5, 5.41) is 0. The molecular weight excluding hydrogens is 298 g/mol. The quantitative estimate of drug-likeness (QED) is 0.857. The van der Waals surface area contributed by atoms with Crippen molar-refractivity contribution in [1.29, 1.82) is 0 Å². The van der Waals surface area contributed by atoms with E-state index in [1.54, 1.807) is 0 Å². The van der Waals surface area contributed by atoms with Crippen molar-refractivity contribution in [3.05, 3.63) is 47.3 Å². The molecule has 1 saturated heterocycles. The first-order chi connectivity index (χ1) is 11.7. The minimum Gasteiger partial charge on any atom is -0.490 e. The highest BCUT2D eigenvalue weighted by molar-refractivity contribution is 5.82. The van der Waals surface area contributed by atoms with Gasteiger partial charge in [0.25, 0.3) is 0 Å². The molecule has 0 radical (unpaired) electrons. The van der Waals surface area contributed by atoms with Crippen LogP contribution in [-0.4, -0.2) is 30.4 Å². The van der Waals surface area contributed by atoms with Gasteiger partial charge >= 0.3 is 0 Å². The standard InChI is InChI=1S/C20H23N3O/c1-14-5-3-4-6-19(14)24-16-8-11-23(12-9-16)18-13-15(2)22-17-7-10-21-20(17)18/h3-6,10,13,16H,7-9,11-12H2,1-2H3. The molecule has 3 heterocycles. The Balaban J connectivity index is 1.46. The molecule has 0 atom stereocenters. The Bertz CT molecular complexity index is 776. The van der Waals surface area contributed by atoms with Crippen molar-refractivity contribution in [3.63, 3.8) is 0 Å². The summed E-state index contributed by atoms with van der Waals surface area (Å²) in [6.45, 7) is 6.17. The summed E-state index contributed by atoms with van der Waals surface area (Å²) in [6, 6.07) is 10.4. The van der Waals surface area contributed by atoms with Crippen LogP contribution in [0.2, 0.25) is 0 Å². The number of nitrogens with zero attached hydrogens (tertiary/aromatic N) is 3. The number of aromatic nitrogens is 1. The molecule has 4 rings (SSSR count). The zero-order valence-electron chi connectivity index (χ0n) is 14.3. The Morgan fingerprint density at radius 3 is 2.71 bits per heavy atom. The van der Waals surface area contributed by atoms with Gasteiger partial charge in [-0.15, -0.1) is 0 Å². The van der Waals surface area contributed by atoms with E-state index in [4.69, 9.17) is 4.74 Å². The van der Waals surface area contributed by atoms with Crippen LogP contribution in [0.25, 0.3) is 0 Å². The summed E-state index contributed by atoms with van der Waals surface area (Å²) in [6.07, 6.45) is 5.19. The second-order valence-corrected chi connectivity index (χ2v) is 6.66. The van der Waals surface area contributed by atoms with Crippen LogP contribution in [-0.2, 0) is 6.42 Å². The fourth-order valence-corrected chi connectivity index (χ4v) is 3.54. The highest BCUT2D eigenvalue weighted by Crippen LogP contribution is 2.36. The Kier molecular flexibility index (Phi) is 3.97. The van der Waals surface area contributed by atoms with E-state index < -0.39 is 0 Å².